The summed E-state index contributed by atoms with van der Waals surface area (Å²) in [4.78, 5) is 31.1. The van der Waals surface area contributed by atoms with Crippen LogP contribution in [0.5, 0.6) is 0 Å². The first kappa shape index (κ1) is 24.7. The summed E-state index contributed by atoms with van der Waals surface area (Å²) in [6.07, 6.45) is -0.462. The minimum Gasteiger partial charge on any atom is -0.444 e. The largest absolute Gasteiger partial charge is 0.444 e. The molecule has 178 valence electrons. The van der Waals surface area contributed by atoms with Crippen molar-refractivity contribution in [1.29, 1.82) is 0 Å². The van der Waals surface area contributed by atoms with Crippen LogP contribution in [0.3, 0.4) is 0 Å². The highest BCUT2D eigenvalue weighted by Gasteiger charge is 2.51. The third-order valence-corrected chi connectivity index (χ3v) is 6.15. The van der Waals surface area contributed by atoms with Crippen molar-refractivity contribution in [2.24, 2.45) is 0 Å². The molecule has 0 spiro atoms. The maximum absolute atomic E-state index is 13.6. The number of alkyl carbamates (subject to hydrolysis) is 1. The number of ether oxygens (including phenoxy) is 1. The minimum absolute atomic E-state index is 0.00114. The smallest absolute Gasteiger partial charge is 0.407 e. The van der Waals surface area contributed by atoms with E-state index in [0.717, 1.165) is 12.8 Å². The Balaban J connectivity index is 2.03. The number of unbranched alkanes of at least 4 members (excludes halogenated alkanes) is 1. The van der Waals surface area contributed by atoms with Crippen LogP contribution in [-0.2, 0) is 14.9 Å². The minimum atomic E-state index is -1.57. The highest BCUT2D eigenvalue weighted by atomic mass is 32.1. The summed E-state index contributed by atoms with van der Waals surface area (Å²) in [5, 5.41) is 19.0. The van der Waals surface area contributed by atoms with Crippen molar-refractivity contribution in [1.82, 2.24) is 15.6 Å². The molecule has 3 rings (SSSR count). The number of nitrogens with one attached hydrogen (secondary N) is 2. The molecule has 0 aliphatic carbocycles. The molecule has 1 unspecified atom stereocenters. The van der Waals surface area contributed by atoms with Crippen molar-refractivity contribution < 1.29 is 23.8 Å². The molecule has 0 fully saturated rings. The van der Waals surface area contributed by atoms with Crippen LogP contribution in [0.1, 0.15) is 57.4 Å². The van der Waals surface area contributed by atoms with Gasteiger partial charge in [-0.1, -0.05) is 31.5 Å². The number of aromatic nitrogens is 1. The second-order valence-electron chi connectivity index (χ2n) is 8.84. The summed E-state index contributed by atoms with van der Waals surface area (Å²) in [5.74, 6) is -0.426. The van der Waals surface area contributed by atoms with E-state index in [-0.39, 0.29) is 12.4 Å². The Hall–Kier alpha value is -2.91. The highest BCUT2D eigenvalue weighted by Crippen LogP contribution is 2.40. The van der Waals surface area contributed by atoms with Gasteiger partial charge in [0.05, 0.1) is 0 Å². The van der Waals surface area contributed by atoms with E-state index in [4.69, 9.17) is 9.15 Å². The molecule has 2 heterocycles. The molecule has 1 aromatic carbocycles. The molecule has 2 atom stereocenters. The SMILES string of the molecule is CCCCNC(=O)C(CNC(=O)OC(C)(C)C)(c1cccs1)[C@H](O)c1nc2ccccc2o1. The van der Waals surface area contributed by atoms with Crippen molar-refractivity contribution >= 4 is 34.4 Å². The van der Waals surface area contributed by atoms with Crippen molar-refractivity contribution in [3.63, 3.8) is 0 Å². The molecular formula is C24H31N3O5S. The molecule has 0 radical (unpaired) electrons. The van der Waals surface area contributed by atoms with E-state index in [0.29, 0.717) is 22.5 Å². The Morgan fingerprint density at radius 2 is 1.94 bits per heavy atom. The third kappa shape index (κ3) is 5.72. The molecule has 2 aromatic heterocycles. The summed E-state index contributed by atoms with van der Waals surface area (Å²) in [7, 11) is 0. The fourth-order valence-electron chi connectivity index (χ4n) is 3.45. The quantitative estimate of drug-likeness (QED) is 0.399. The number of rotatable bonds is 9. The molecular weight excluding hydrogens is 442 g/mol. The van der Waals surface area contributed by atoms with Crippen molar-refractivity contribution in [3.05, 3.63) is 52.5 Å². The topological polar surface area (TPSA) is 114 Å². The summed E-state index contributed by atoms with van der Waals surface area (Å²) in [6.45, 7) is 7.52. The molecule has 0 bridgehead atoms. The van der Waals surface area contributed by atoms with Crippen LogP contribution in [0.15, 0.2) is 46.2 Å². The van der Waals surface area contributed by atoms with E-state index in [1.165, 1.54) is 11.3 Å². The van der Waals surface area contributed by atoms with Gasteiger partial charge in [0.25, 0.3) is 0 Å². The van der Waals surface area contributed by atoms with Gasteiger partial charge in [-0.25, -0.2) is 9.78 Å². The lowest BCUT2D eigenvalue weighted by molar-refractivity contribution is -0.132. The van der Waals surface area contributed by atoms with E-state index >= 15 is 0 Å². The normalized spacial score (nSPS) is 14.5. The zero-order valence-corrected chi connectivity index (χ0v) is 20.2. The average molecular weight is 474 g/mol. The third-order valence-electron chi connectivity index (χ3n) is 5.10. The number of carbonyl (C=O) groups excluding carboxylic acids is 2. The van der Waals surface area contributed by atoms with Crippen LogP contribution in [0, 0.1) is 0 Å². The predicted molar refractivity (Wildman–Crippen MR) is 127 cm³/mol. The second kappa shape index (κ2) is 10.4. The predicted octanol–water partition coefficient (Wildman–Crippen LogP) is 4.30. The molecule has 8 nitrogen and oxygen atoms in total. The first-order chi connectivity index (χ1) is 15.7. The fraction of sp³-hybridized carbons (Fsp3) is 0.458. The second-order valence-corrected chi connectivity index (χ2v) is 9.78. The summed E-state index contributed by atoms with van der Waals surface area (Å²) < 4.78 is 11.2. The molecule has 0 saturated heterocycles. The van der Waals surface area contributed by atoms with Crippen molar-refractivity contribution in [2.45, 2.75) is 57.7 Å². The Kier molecular flexibility index (Phi) is 7.76. The number of amides is 2. The summed E-state index contributed by atoms with van der Waals surface area (Å²) in [6, 6.07) is 10.7. The van der Waals surface area contributed by atoms with E-state index < -0.39 is 29.1 Å². The van der Waals surface area contributed by atoms with E-state index in [9.17, 15) is 14.7 Å². The fourth-order valence-corrected chi connectivity index (χ4v) is 4.39. The monoisotopic (exact) mass is 473 g/mol. The molecule has 0 aliphatic heterocycles. The van der Waals surface area contributed by atoms with Crippen LogP contribution in [0.4, 0.5) is 4.79 Å². The van der Waals surface area contributed by atoms with Gasteiger partial charge < -0.3 is 24.9 Å². The van der Waals surface area contributed by atoms with Crippen LogP contribution in [0.25, 0.3) is 11.1 Å². The summed E-state index contributed by atoms with van der Waals surface area (Å²) in [5.41, 5.74) is -1.21. The Bertz CT molecular complexity index is 1040. The Morgan fingerprint density at radius 3 is 2.58 bits per heavy atom. The van der Waals surface area contributed by atoms with Gasteiger partial charge in [-0.3, -0.25) is 4.79 Å². The van der Waals surface area contributed by atoms with Gasteiger partial charge >= 0.3 is 6.09 Å². The lowest BCUT2D eigenvalue weighted by Gasteiger charge is -2.35. The molecule has 9 heteroatoms. The maximum Gasteiger partial charge on any atom is 0.407 e. The van der Waals surface area contributed by atoms with Crippen LogP contribution in [0.2, 0.25) is 0 Å². The molecule has 0 saturated carbocycles. The van der Waals surface area contributed by atoms with Crippen LogP contribution in [-0.4, -0.2) is 40.8 Å². The van der Waals surface area contributed by atoms with E-state index in [2.05, 4.69) is 15.6 Å². The number of fused-ring (bicyclic) bond motifs is 1. The molecule has 2 amide bonds. The number of hydrogen-bond acceptors (Lipinski definition) is 7. The molecule has 0 aliphatic rings. The standard InChI is InChI=1S/C24H31N3O5S/c1-5-6-13-25-21(29)24(18-12-9-14-33-18,15-26-22(30)32-23(2,3)4)19(28)20-27-16-10-7-8-11-17(16)31-20/h7-12,14,19,28H,5-6,13,15H2,1-4H3,(H,25,29)(H,26,30)/t19-,24?/m1/s1. The number of hydrogen-bond donors (Lipinski definition) is 3. The first-order valence-electron chi connectivity index (χ1n) is 11.0. The molecule has 3 N–H and O–H groups in total. The van der Waals surface area contributed by atoms with Gasteiger partial charge in [-0.2, -0.15) is 0 Å². The van der Waals surface area contributed by atoms with Crippen molar-refractivity contribution in [2.75, 3.05) is 13.1 Å². The van der Waals surface area contributed by atoms with Crippen molar-refractivity contribution in [3.8, 4) is 0 Å². The summed E-state index contributed by atoms with van der Waals surface area (Å²) >= 11 is 1.31. The molecule has 33 heavy (non-hydrogen) atoms. The Morgan fingerprint density at radius 1 is 1.18 bits per heavy atom. The van der Waals surface area contributed by atoms with Crippen LogP contribution >= 0.6 is 11.3 Å². The molecule has 3 aromatic rings. The number of aliphatic hydroxyl groups excluding tert-OH is 1. The number of thiophene rings is 1. The number of oxazole rings is 1. The number of carbonyl (C=O) groups is 2. The average Bonchev–Trinajstić information content (AvgIpc) is 3.43. The van der Waals surface area contributed by atoms with Gasteiger partial charge in [-0.15, -0.1) is 11.3 Å². The number of nitrogens with zero attached hydrogens (tertiary/aromatic N) is 1. The van der Waals surface area contributed by atoms with Gasteiger partial charge in [0.2, 0.25) is 11.8 Å². The number of benzene rings is 1. The highest BCUT2D eigenvalue weighted by molar-refractivity contribution is 7.10. The zero-order valence-electron chi connectivity index (χ0n) is 19.4. The van der Waals surface area contributed by atoms with Gasteiger partial charge in [0.15, 0.2) is 11.7 Å². The van der Waals surface area contributed by atoms with Gasteiger partial charge in [-0.05, 0) is 50.8 Å². The zero-order chi connectivity index (χ0) is 24.1. The van der Waals surface area contributed by atoms with E-state index in [1.807, 2.05) is 18.4 Å². The lowest BCUT2D eigenvalue weighted by Crippen LogP contribution is -2.55. The van der Waals surface area contributed by atoms with Crippen LogP contribution < -0.4 is 10.6 Å². The maximum atomic E-state index is 13.6. The Labute approximate surface area is 197 Å². The first-order valence-corrected chi connectivity index (χ1v) is 11.9. The number of para-hydroxylation sites is 2. The lowest BCUT2D eigenvalue weighted by atomic mass is 9.78. The van der Waals surface area contributed by atoms with E-state index in [1.54, 1.807) is 51.1 Å². The van der Waals surface area contributed by atoms with Gasteiger partial charge in [0, 0.05) is 18.0 Å². The van der Waals surface area contributed by atoms with Gasteiger partial charge in [0.1, 0.15) is 16.5 Å². The number of aliphatic hydroxyl groups is 1.